The van der Waals surface area contributed by atoms with Crippen LogP contribution in [0.15, 0.2) is 29.2 Å². The first-order chi connectivity index (χ1) is 7.43. The molecule has 1 N–H and O–H groups in total. The molecule has 0 aromatic carbocycles. The molecule has 1 atom stereocenters. The maximum absolute atomic E-state index is 11.4. The normalized spacial score (nSPS) is 13.8. The van der Waals surface area contributed by atoms with Crippen molar-refractivity contribution in [1.82, 2.24) is 9.88 Å². The van der Waals surface area contributed by atoms with E-state index in [1.807, 2.05) is 13.0 Å². The zero-order chi connectivity index (χ0) is 12.2. The quantitative estimate of drug-likeness (QED) is 0.800. The molecule has 3 nitrogen and oxygen atoms in total. The van der Waals surface area contributed by atoms with Crippen LogP contribution in [0.1, 0.15) is 20.8 Å². The highest BCUT2D eigenvalue weighted by atomic mass is 35.5. The summed E-state index contributed by atoms with van der Waals surface area (Å²) in [5.74, 6) is 0. The van der Waals surface area contributed by atoms with Gasteiger partial charge >= 0.3 is 0 Å². The number of hydrogen-bond donors (Lipinski definition) is 1. The SMILES string of the molecule is CC(Cl)C(C)(C)NCCn1ccccc1=O. The van der Waals surface area contributed by atoms with Crippen molar-refractivity contribution in [1.29, 1.82) is 0 Å². The average Bonchev–Trinajstić information content (AvgIpc) is 2.20. The number of aromatic nitrogens is 1. The molecule has 1 heterocycles. The van der Waals surface area contributed by atoms with Gasteiger partial charge in [-0.2, -0.15) is 0 Å². The Morgan fingerprint density at radius 3 is 2.75 bits per heavy atom. The number of pyridine rings is 1. The van der Waals surface area contributed by atoms with E-state index in [-0.39, 0.29) is 16.5 Å². The molecule has 0 saturated heterocycles. The highest BCUT2D eigenvalue weighted by molar-refractivity contribution is 6.21. The fourth-order valence-electron chi connectivity index (χ4n) is 1.28. The predicted molar refractivity (Wildman–Crippen MR) is 68.1 cm³/mol. The second kappa shape index (κ2) is 5.51. The van der Waals surface area contributed by atoms with Crippen LogP contribution in [0.2, 0.25) is 0 Å². The van der Waals surface area contributed by atoms with Gasteiger partial charge in [0.2, 0.25) is 0 Å². The van der Waals surface area contributed by atoms with Crippen molar-refractivity contribution in [3.05, 3.63) is 34.7 Å². The summed E-state index contributed by atoms with van der Waals surface area (Å²) in [7, 11) is 0. The first-order valence-electron chi connectivity index (χ1n) is 5.48. The van der Waals surface area contributed by atoms with Crippen LogP contribution in [0.25, 0.3) is 0 Å². The van der Waals surface area contributed by atoms with Crippen molar-refractivity contribution >= 4 is 11.6 Å². The van der Waals surface area contributed by atoms with E-state index in [0.29, 0.717) is 6.54 Å². The van der Waals surface area contributed by atoms with Crippen molar-refractivity contribution in [2.24, 2.45) is 0 Å². The zero-order valence-corrected chi connectivity index (χ0v) is 10.8. The van der Waals surface area contributed by atoms with Gasteiger partial charge in [0, 0.05) is 36.3 Å². The average molecular weight is 243 g/mol. The van der Waals surface area contributed by atoms with Crippen LogP contribution in [0.4, 0.5) is 0 Å². The molecule has 0 fully saturated rings. The second-order valence-corrected chi connectivity index (χ2v) is 5.15. The predicted octanol–water partition coefficient (Wildman–Crippen LogP) is 1.84. The van der Waals surface area contributed by atoms with Gasteiger partial charge in [0.25, 0.3) is 5.56 Å². The number of alkyl halides is 1. The maximum Gasteiger partial charge on any atom is 0.250 e. The van der Waals surface area contributed by atoms with Crippen LogP contribution < -0.4 is 10.9 Å². The van der Waals surface area contributed by atoms with Crippen LogP contribution in [0, 0.1) is 0 Å². The Balaban J connectivity index is 2.48. The molecule has 0 aliphatic rings. The fourth-order valence-corrected chi connectivity index (χ4v) is 1.36. The van der Waals surface area contributed by atoms with Gasteiger partial charge in [-0.3, -0.25) is 4.79 Å². The molecule has 1 aromatic rings. The summed E-state index contributed by atoms with van der Waals surface area (Å²) in [6, 6.07) is 5.17. The number of nitrogens with one attached hydrogen (secondary N) is 1. The van der Waals surface area contributed by atoms with E-state index in [2.05, 4.69) is 19.2 Å². The largest absolute Gasteiger partial charge is 0.314 e. The standard InChI is InChI=1S/C12H19ClN2O/c1-10(13)12(2,3)14-7-9-15-8-5-4-6-11(15)16/h4-6,8,10,14H,7,9H2,1-3H3. The molecule has 1 unspecified atom stereocenters. The lowest BCUT2D eigenvalue weighted by Gasteiger charge is -2.29. The third-order valence-electron chi connectivity index (χ3n) is 2.83. The van der Waals surface area contributed by atoms with E-state index in [1.165, 1.54) is 0 Å². The van der Waals surface area contributed by atoms with Crippen molar-refractivity contribution in [2.75, 3.05) is 6.54 Å². The van der Waals surface area contributed by atoms with E-state index in [4.69, 9.17) is 11.6 Å². The highest BCUT2D eigenvalue weighted by Gasteiger charge is 2.22. The summed E-state index contributed by atoms with van der Waals surface area (Å²) in [4.78, 5) is 11.4. The summed E-state index contributed by atoms with van der Waals surface area (Å²) >= 11 is 6.05. The van der Waals surface area contributed by atoms with E-state index in [0.717, 1.165) is 6.54 Å². The smallest absolute Gasteiger partial charge is 0.250 e. The van der Waals surface area contributed by atoms with Crippen LogP contribution in [-0.4, -0.2) is 22.0 Å². The first-order valence-corrected chi connectivity index (χ1v) is 5.92. The lowest BCUT2D eigenvalue weighted by molar-refractivity contribution is 0.372. The molecular weight excluding hydrogens is 224 g/mol. The third kappa shape index (κ3) is 3.65. The summed E-state index contributed by atoms with van der Waals surface area (Å²) < 4.78 is 1.68. The molecular formula is C12H19ClN2O. The molecule has 0 amide bonds. The Hall–Kier alpha value is -0.800. The van der Waals surface area contributed by atoms with E-state index in [9.17, 15) is 4.79 Å². The Kier molecular flexibility index (Phi) is 4.56. The van der Waals surface area contributed by atoms with Gasteiger partial charge in [-0.15, -0.1) is 11.6 Å². The van der Waals surface area contributed by atoms with Crippen molar-refractivity contribution < 1.29 is 0 Å². The van der Waals surface area contributed by atoms with E-state index < -0.39 is 0 Å². The third-order valence-corrected chi connectivity index (χ3v) is 3.37. The van der Waals surface area contributed by atoms with Crippen molar-refractivity contribution in [2.45, 2.75) is 38.2 Å². The molecule has 0 bridgehead atoms. The molecule has 1 aromatic heterocycles. The Labute approximate surface area is 101 Å². The summed E-state index contributed by atoms with van der Waals surface area (Å²) in [6.07, 6.45) is 1.79. The molecule has 0 radical (unpaired) electrons. The molecule has 16 heavy (non-hydrogen) atoms. The van der Waals surface area contributed by atoms with Gasteiger partial charge < -0.3 is 9.88 Å². The van der Waals surface area contributed by atoms with E-state index in [1.54, 1.807) is 22.9 Å². The zero-order valence-electron chi connectivity index (χ0n) is 10.0. The lowest BCUT2D eigenvalue weighted by atomic mass is 10.0. The van der Waals surface area contributed by atoms with Crippen LogP contribution >= 0.6 is 11.6 Å². The minimum atomic E-state index is -0.125. The number of halogens is 1. The molecule has 0 aliphatic carbocycles. The molecule has 1 rings (SSSR count). The molecule has 0 saturated carbocycles. The summed E-state index contributed by atoms with van der Waals surface area (Å²) in [6.45, 7) is 7.46. The fraction of sp³-hybridized carbons (Fsp3) is 0.583. The minimum Gasteiger partial charge on any atom is -0.314 e. The van der Waals surface area contributed by atoms with E-state index >= 15 is 0 Å². The van der Waals surface area contributed by atoms with Gasteiger partial charge in [-0.25, -0.2) is 0 Å². The Bertz CT molecular complexity index is 385. The number of rotatable bonds is 5. The van der Waals surface area contributed by atoms with Gasteiger partial charge in [0.05, 0.1) is 0 Å². The molecule has 90 valence electrons. The minimum absolute atomic E-state index is 0.0287. The summed E-state index contributed by atoms with van der Waals surface area (Å²) in [5.41, 5.74) is -0.0963. The van der Waals surface area contributed by atoms with Crippen LogP contribution in [0.5, 0.6) is 0 Å². The topological polar surface area (TPSA) is 34.0 Å². The van der Waals surface area contributed by atoms with Crippen molar-refractivity contribution in [3.63, 3.8) is 0 Å². The summed E-state index contributed by atoms with van der Waals surface area (Å²) in [5, 5.41) is 3.38. The lowest BCUT2D eigenvalue weighted by Crippen LogP contribution is -2.47. The molecule has 0 aliphatic heterocycles. The van der Waals surface area contributed by atoms with Crippen LogP contribution in [0.3, 0.4) is 0 Å². The number of nitrogens with zero attached hydrogens (tertiary/aromatic N) is 1. The monoisotopic (exact) mass is 242 g/mol. The number of hydrogen-bond acceptors (Lipinski definition) is 2. The Morgan fingerprint density at radius 2 is 2.19 bits per heavy atom. The highest BCUT2D eigenvalue weighted by Crippen LogP contribution is 2.13. The van der Waals surface area contributed by atoms with Gasteiger partial charge in [0.1, 0.15) is 0 Å². The van der Waals surface area contributed by atoms with Crippen LogP contribution in [-0.2, 0) is 6.54 Å². The first kappa shape index (κ1) is 13.3. The second-order valence-electron chi connectivity index (χ2n) is 4.50. The molecule has 0 spiro atoms. The Morgan fingerprint density at radius 1 is 1.50 bits per heavy atom. The molecule has 4 heteroatoms. The van der Waals surface area contributed by atoms with Gasteiger partial charge in [-0.05, 0) is 26.8 Å². The van der Waals surface area contributed by atoms with Crippen molar-refractivity contribution in [3.8, 4) is 0 Å². The maximum atomic E-state index is 11.4. The van der Waals surface area contributed by atoms with Gasteiger partial charge in [0.15, 0.2) is 0 Å². The van der Waals surface area contributed by atoms with Gasteiger partial charge in [-0.1, -0.05) is 6.07 Å².